The van der Waals surface area contributed by atoms with Crippen molar-refractivity contribution < 1.29 is 14.4 Å². The van der Waals surface area contributed by atoms with Gasteiger partial charge in [0.25, 0.3) is 0 Å². The summed E-state index contributed by atoms with van der Waals surface area (Å²) in [6.07, 6.45) is 1.65. The van der Waals surface area contributed by atoms with E-state index in [1.165, 1.54) is 0 Å². The SMILES string of the molecule is O=C1NCC(=O)N2CCN(C(=O)Cn3cnc4ccccc43)C[C@H]12. The quantitative estimate of drug-likeness (QED) is 0.783. The number of para-hydroxylation sites is 2. The molecule has 1 atom stereocenters. The van der Waals surface area contributed by atoms with Crippen LogP contribution < -0.4 is 5.32 Å². The minimum absolute atomic E-state index is 0.0459. The third kappa shape index (κ3) is 2.40. The summed E-state index contributed by atoms with van der Waals surface area (Å²) in [5, 5.41) is 2.58. The Hall–Kier alpha value is -2.90. The van der Waals surface area contributed by atoms with Crippen LogP contribution in [0.3, 0.4) is 0 Å². The predicted octanol–water partition coefficient (Wildman–Crippen LogP) is -0.794. The molecule has 4 rings (SSSR count). The number of carbonyl (C=O) groups is 3. The Bertz CT molecular complexity index is 830. The summed E-state index contributed by atoms with van der Waals surface area (Å²) < 4.78 is 1.80. The second-order valence-corrected chi connectivity index (χ2v) is 6.02. The van der Waals surface area contributed by atoms with E-state index in [1.807, 2.05) is 24.3 Å². The fourth-order valence-corrected chi connectivity index (χ4v) is 3.30. The van der Waals surface area contributed by atoms with Crippen molar-refractivity contribution >= 4 is 28.8 Å². The van der Waals surface area contributed by atoms with E-state index in [0.29, 0.717) is 13.1 Å². The molecule has 24 heavy (non-hydrogen) atoms. The fraction of sp³-hybridized carbons (Fsp3) is 0.375. The van der Waals surface area contributed by atoms with Gasteiger partial charge in [-0.15, -0.1) is 0 Å². The Balaban J connectivity index is 1.49. The van der Waals surface area contributed by atoms with Crippen LogP contribution in [0.15, 0.2) is 30.6 Å². The highest BCUT2D eigenvalue weighted by Crippen LogP contribution is 2.16. The fourth-order valence-electron chi connectivity index (χ4n) is 3.30. The summed E-state index contributed by atoms with van der Waals surface area (Å²) in [6.45, 7) is 1.30. The number of rotatable bonds is 2. The molecule has 0 bridgehead atoms. The molecular formula is C16H17N5O3. The Labute approximate surface area is 138 Å². The Morgan fingerprint density at radius 3 is 2.96 bits per heavy atom. The number of aromatic nitrogens is 2. The largest absolute Gasteiger partial charge is 0.345 e. The smallest absolute Gasteiger partial charge is 0.245 e. The number of hydrogen-bond acceptors (Lipinski definition) is 4. The zero-order chi connectivity index (χ0) is 16.7. The van der Waals surface area contributed by atoms with Crippen LogP contribution in [0.5, 0.6) is 0 Å². The molecule has 1 aromatic heterocycles. The highest BCUT2D eigenvalue weighted by atomic mass is 16.2. The predicted molar refractivity (Wildman–Crippen MR) is 84.8 cm³/mol. The molecular weight excluding hydrogens is 310 g/mol. The molecule has 3 amide bonds. The monoisotopic (exact) mass is 327 g/mol. The molecule has 0 radical (unpaired) electrons. The Morgan fingerprint density at radius 1 is 1.25 bits per heavy atom. The molecule has 0 aliphatic carbocycles. The lowest BCUT2D eigenvalue weighted by molar-refractivity contribution is -0.152. The number of benzene rings is 1. The first kappa shape index (κ1) is 14.7. The van der Waals surface area contributed by atoms with Gasteiger partial charge in [-0.2, -0.15) is 0 Å². The molecule has 1 aromatic carbocycles. The minimum Gasteiger partial charge on any atom is -0.345 e. The first-order valence-electron chi connectivity index (χ1n) is 7.88. The average molecular weight is 327 g/mol. The van der Waals surface area contributed by atoms with Crippen LogP contribution in [0, 0.1) is 0 Å². The molecule has 8 heteroatoms. The van der Waals surface area contributed by atoms with E-state index >= 15 is 0 Å². The molecule has 8 nitrogen and oxygen atoms in total. The van der Waals surface area contributed by atoms with Gasteiger partial charge in [0.1, 0.15) is 12.6 Å². The lowest BCUT2D eigenvalue weighted by Gasteiger charge is -2.42. The van der Waals surface area contributed by atoms with Gasteiger partial charge in [-0.3, -0.25) is 14.4 Å². The standard InChI is InChI=1S/C16H17N5O3/c22-14-7-17-16(24)13-8-19(5-6-21(13)14)15(23)9-20-10-18-11-3-1-2-4-12(11)20/h1-4,10,13H,5-9H2,(H,17,24)/t13-/m1/s1. The van der Waals surface area contributed by atoms with Crippen LogP contribution in [-0.2, 0) is 20.9 Å². The molecule has 0 saturated carbocycles. The summed E-state index contributed by atoms with van der Waals surface area (Å²) in [5.74, 6) is -0.365. The van der Waals surface area contributed by atoms with Gasteiger partial charge >= 0.3 is 0 Å². The molecule has 2 aliphatic heterocycles. The van der Waals surface area contributed by atoms with Gasteiger partial charge < -0.3 is 19.7 Å². The van der Waals surface area contributed by atoms with Crippen LogP contribution in [0.4, 0.5) is 0 Å². The molecule has 124 valence electrons. The number of imidazole rings is 1. The van der Waals surface area contributed by atoms with E-state index in [4.69, 9.17) is 0 Å². The molecule has 3 heterocycles. The number of piperazine rings is 2. The van der Waals surface area contributed by atoms with Gasteiger partial charge in [-0.25, -0.2) is 4.98 Å². The zero-order valence-corrected chi connectivity index (χ0v) is 13.0. The lowest BCUT2D eigenvalue weighted by Crippen LogP contribution is -2.66. The second kappa shape index (κ2) is 5.63. The summed E-state index contributed by atoms with van der Waals surface area (Å²) in [5.41, 5.74) is 1.74. The average Bonchev–Trinajstić information content (AvgIpc) is 3.01. The van der Waals surface area contributed by atoms with E-state index in [0.717, 1.165) is 11.0 Å². The summed E-state index contributed by atoms with van der Waals surface area (Å²) in [7, 11) is 0. The molecule has 0 spiro atoms. The Kier molecular flexibility index (Phi) is 3.44. The summed E-state index contributed by atoms with van der Waals surface area (Å²) in [6, 6.07) is 7.04. The molecule has 2 fully saturated rings. The van der Waals surface area contributed by atoms with Crippen molar-refractivity contribution in [2.45, 2.75) is 12.6 Å². The van der Waals surface area contributed by atoms with Gasteiger partial charge in [-0.1, -0.05) is 12.1 Å². The maximum atomic E-state index is 12.6. The van der Waals surface area contributed by atoms with Crippen molar-refractivity contribution in [3.63, 3.8) is 0 Å². The van der Waals surface area contributed by atoms with Gasteiger partial charge in [-0.05, 0) is 12.1 Å². The van der Waals surface area contributed by atoms with Gasteiger partial charge in [0, 0.05) is 13.1 Å². The zero-order valence-electron chi connectivity index (χ0n) is 13.0. The van der Waals surface area contributed by atoms with Crippen molar-refractivity contribution in [1.29, 1.82) is 0 Å². The number of fused-ring (bicyclic) bond motifs is 2. The van der Waals surface area contributed by atoms with Crippen molar-refractivity contribution in [1.82, 2.24) is 24.7 Å². The van der Waals surface area contributed by atoms with E-state index in [1.54, 1.807) is 20.7 Å². The normalized spacial score (nSPS) is 20.9. The van der Waals surface area contributed by atoms with E-state index in [9.17, 15) is 14.4 Å². The first-order valence-corrected chi connectivity index (χ1v) is 7.88. The maximum absolute atomic E-state index is 12.6. The van der Waals surface area contributed by atoms with Crippen molar-refractivity contribution in [2.24, 2.45) is 0 Å². The minimum atomic E-state index is -0.580. The van der Waals surface area contributed by atoms with Gasteiger partial charge in [0.05, 0.1) is 30.5 Å². The Morgan fingerprint density at radius 2 is 2.08 bits per heavy atom. The van der Waals surface area contributed by atoms with Crippen LogP contribution in [0.25, 0.3) is 11.0 Å². The number of nitrogens with one attached hydrogen (secondary N) is 1. The molecule has 1 N–H and O–H groups in total. The van der Waals surface area contributed by atoms with Gasteiger partial charge in [0.2, 0.25) is 17.7 Å². The van der Waals surface area contributed by atoms with E-state index in [2.05, 4.69) is 10.3 Å². The molecule has 2 aliphatic rings. The van der Waals surface area contributed by atoms with Gasteiger partial charge in [0.15, 0.2) is 0 Å². The highest BCUT2D eigenvalue weighted by Gasteiger charge is 2.39. The van der Waals surface area contributed by atoms with Crippen LogP contribution >= 0.6 is 0 Å². The number of nitrogens with zero attached hydrogens (tertiary/aromatic N) is 4. The van der Waals surface area contributed by atoms with E-state index in [-0.39, 0.29) is 37.4 Å². The van der Waals surface area contributed by atoms with E-state index < -0.39 is 6.04 Å². The van der Waals surface area contributed by atoms with Crippen LogP contribution in [0.1, 0.15) is 0 Å². The van der Waals surface area contributed by atoms with Crippen molar-refractivity contribution in [3.05, 3.63) is 30.6 Å². The van der Waals surface area contributed by atoms with Crippen molar-refractivity contribution in [2.75, 3.05) is 26.2 Å². The number of amides is 3. The summed E-state index contributed by atoms with van der Waals surface area (Å²) >= 11 is 0. The number of carbonyl (C=O) groups excluding carboxylic acids is 3. The van der Waals surface area contributed by atoms with Crippen LogP contribution in [-0.4, -0.2) is 69.3 Å². The topological polar surface area (TPSA) is 87.5 Å². The first-order chi connectivity index (χ1) is 11.6. The third-order valence-electron chi connectivity index (χ3n) is 4.60. The third-order valence-corrected chi connectivity index (χ3v) is 4.60. The number of hydrogen-bond donors (Lipinski definition) is 1. The molecule has 0 unspecified atom stereocenters. The van der Waals surface area contributed by atoms with Crippen LogP contribution in [0.2, 0.25) is 0 Å². The second-order valence-electron chi connectivity index (χ2n) is 6.02. The van der Waals surface area contributed by atoms with Crippen molar-refractivity contribution in [3.8, 4) is 0 Å². The molecule has 2 saturated heterocycles. The lowest BCUT2D eigenvalue weighted by atomic mass is 10.1. The summed E-state index contributed by atoms with van der Waals surface area (Å²) in [4.78, 5) is 43.9. The highest BCUT2D eigenvalue weighted by molar-refractivity contribution is 5.95. The molecule has 2 aromatic rings. The maximum Gasteiger partial charge on any atom is 0.245 e.